The zero-order chi connectivity index (χ0) is 19.6. The van der Waals surface area contributed by atoms with Crippen LogP contribution >= 0.6 is 0 Å². The van der Waals surface area contributed by atoms with Gasteiger partial charge >= 0.3 is 11.9 Å². The van der Waals surface area contributed by atoms with Crippen LogP contribution in [-0.2, 0) is 9.59 Å². The number of aliphatic carboxylic acids is 2. The van der Waals surface area contributed by atoms with Crippen LogP contribution in [0.2, 0.25) is 0 Å². The average Bonchev–Trinajstić information content (AvgIpc) is 2.41. The highest BCUT2D eigenvalue weighted by Gasteiger charge is 2.26. The van der Waals surface area contributed by atoms with Crippen LogP contribution in [0.4, 0.5) is 0 Å². The second kappa shape index (κ2) is 11.0. The van der Waals surface area contributed by atoms with Crippen LogP contribution in [-0.4, -0.2) is 55.8 Å². The molecule has 0 spiro atoms. The van der Waals surface area contributed by atoms with E-state index in [0.29, 0.717) is 31.3 Å². The van der Waals surface area contributed by atoms with E-state index in [9.17, 15) is 19.8 Å². The fourth-order valence-corrected chi connectivity index (χ4v) is 2.79. The fraction of sp³-hybridized carbons (Fsp3) is 0.667. The topological polar surface area (TPSA) is 135 Å². The largest absolute Gasteiger partial charge is 0.481 e. The molecule has 0 radical (unpaired) electrons. The van der Waals surface area contributed by atoms with Crippen molar-refractivity contribution in [2.24, 2.45) is 5.92 Å². The van der Waals surface area contributed by atoms with Gasteiger partial charge in [-0.05, 0) is 45.6 Å². The first-order chi connectivity index (χ1) is 11.5. The third-order valence-electron chi connectivity index (χ3n) is 3.93. The average molecular weight is 358 g/mol. The van der Waals surface area contributed by atoms with Gasteiger partial charge in [-0.1, -0.05) is 24.5 Å². The second-order valence-electron chi connectivity index (χ2n) is 6.83. The van der Waals surface area contributed by atoms with Crippen molar-refractivity contribution in [1.29, 1.82) is 0 Å². The molecule has 0 fully saturated rings. The molecule has 0 unspecified atom stereocenters. The SMILES string of the molecule is CC(=C\C(=O)O)/C=C(\C)C[C@@](C)(O)CCCC[C@@H](O)[C@@H](CO)C(=O)O. The number of rotatable bonds is 12. The molecular weight excluding hydrogens is 328 g/mol. The number of unbranched alkanes of at least 4 members (excludes halogenated alkanes) is 1. The molecule has 0 bridgehead atoms. The lowest BCUT2D eigenvalue weighted by molar-refractivity contribution is -0.147. The van der Waals surface area contributed by atoms with E-state index in [0.717, 1.165) is 11.6 Å². The van der Waals surface area contributed by atoms with E-state index < -0.39 is 36.2 Å². The van der Waals surface area contributed by atoms with Crippen LogP contribution in [0, 0.1) is 5.92 Å². The summed E-state index contributed by atoms with van der Waals surface area (Å²) in [6.45, 7) is 4.57. The van der Waals surface area contributed by atoms with Gasteiger partial charge in [-0.25, -0.2) is 4.79 Å². The Labute approximate surface area is 148 Å². The number of hydrogen-bond acceptors (Lipinski definition) is 5. The Morgan fingerprint density at radius 3 is 2.20 bits per heavy atom. The molecule has 0 aliphatic carbocycles. The maximum Gasteiger partial charge on any atom is 0.328 e. The number of carboxylic acids is 2. The minimum Gasteiger partial charge on any atom is -0.481 e. The van der Waals surface area contributed by atoms with E-state index in [4.69, 9.17) is 15.3 Å². The van der Waals surface area contributed by atoms with Gasteiger partial charge in [0.1, 0.15) is 5.92 Å². The lowest BCUT2D eigenvalue weighted by atomic mass is 9.89. The van der Waals surface area contributed by atoms with Gasteiger partial charge < -0.3 is 25.5 Å². The van der Waals surface area contributed by atoms with Crippen molar-refractivity contribution in [3.8, 4) is 0 Å². The summed E-state index contributed by atoms with van der Waals surface area (Å²) < 4.78 is 0. The number of aliphatic hydroxyl groups is 3. The Morgan fingerprint density at radius 1 is 1.12 bits per heavy atom. The molecule has 0 heterocycles. The van der Waals surface area contributed by atoms with Crippen molar-refractivity contribution in [3.63, 3.8) is 0 Å². The molecule has 7 heteroatoms. The molecule has 144 valence electrons. The molecule has 5 N–H and O–H groups in total. The van der Waals surface area contributed by atoms with Crippen LogP contribution in [0.1, 0.15) is 52.9 Å². The molecule has 0 saturated heterocycles. The Hall–Kier alpha value is -1.70. The summed E-state index contributed by atoms with van der Waals surface area (Å²) in [7, 11) is 0. The fourth-order valence-electron chi connectivity index (χ4n) is 2.79. The first-order valence-electron chi connectivity index (χ1n) is 8.31. The summed E-state index contributed by atoms with van der Waals surface area (Å²) in [5, 5.41) is 46.7. The lowest BCUT2D eigenvalue weighted by Crippen LogP contribution is -2.31. The highest BCUT2D eigenvalue weighted by Crippen LogP contribution is 2.24. The zero-order valence-electron chi connectivity index (χ0n) is 15.1. The number of hydrogen-bond donors (Lipinski definition) is 5. The highest BCUT2D eigenvalue weighted by atomic mass is 16.4. The van der Waals surface area contributed by atoms with Crippen LogP contribution < -0.4 is 0 Å². The van der Waals surface area contributed by atoms with Gasteiger partial charge in [0.15, 0.2) is 0 Å². The number of aliphatic hydroxyl groups excluding tert-OH is 2. The van der Waals surface area contributed by atoms with E-state index in [1.165, 1.54) is 0 Å². The summed E-state index contributed by atoms with van der Waals surface area (Å²) in [4.78, 5) is 21.4. The quantitative estimate of drug-likeness (QED) is 0.204. The van der Waals surface area contributed by atoms with Crippen molar-refractivity contribution >= 4 is 11.9 Å². The lowest BCUT2D eigenvalue weighted by Gasteiger charge is -2.24. The maximum absolute atomic E-state index is 10.8. The summed E-state index contributed by atoms with van der Waals surface area (Å²) >= 11 is 0. The van der Waals surface area contributed by atoms with E-state index >= 15 is 0 Å². The van der Waals surface area contributed by atoms with Crippen molar-refractivity contribution in [2.45, 2.75) is 64.6 Å². The summed E-state index contributed by atoms with van der Waals surface area (Å²) in [5.74, 6) is -3.43. The molecule has 25 heavy (non-hydrogen) atoms. The van der Waals surface area contributed by atoms with Gasteiger partial charge in [-0.3, -0.25) is 4.79 Å². The van der Waals surface area contributed by atoms with Gasteiger partial charge in [0.25, 0.3) is 0 Å². The van der Waals surface area contributed by atoms with Crippen LogP contribution in [0.25, 0.3) is 0 Å². The summed E-state index contributed by atoms with van der Waals surface area (Å²) in [6, 6.07) is 0. The number of allylic oxidation sites excluding steroid dienone is 2. The normalized spacial score (nSPS) is 17.7. The monoisotopic (exact) mass is 358 g/mol. The Kier molecular flexibility index (Phi) is 10.3. The summed E-state index contributed by atoms with van der Waals surface area (Å²) in [5.41, 5.74) is 0.469. The molecule has 7 nitrogen and oxygen atoms in total. The number of carbonyl (C=O) groups is 2. The third-order valence-corrected chi connectivity index (χ3v) is 3.93. The van der Waals surface area contributed by atoms with E-state index in [-0.39, 0.29) is 6.42 Å². The molecule has 0 saturated carbocycles. The molecule has 0 amide bonds. The van der Waals surface area contributed by atoms with E-state index in [2.05, 4.69) is 0 Å². The Morgan fingerprint density at radius 2 is 1.72 bits per heavy atom. The van der Waals surface area contributed by atoms with Crippen molar-refractivity contribution in [2.75, 3.05) is 6.61 Å². The van der Waals surface area contributed by atoms with Crippen molar-refractivity contribution < 1.29 is 35.1 Å². The van der Waals surface area contributed by atoms with Crippen LogP contribution in [0.5, 0.6) is 0 Å². The first-order valence-corrected chi connectivity index (χ1v) is 8.31. The van der Waals surface area contributed by atoms with Gasteiger partial charge in [-0.2, -0.15) is 0 Å². The standard InChI is InChI=1S/C18H30O7/c1-12(9-16(21)22)8-13(2)10-18(3,25)7-5-4-6-15(20)14(11-19)17(23)24/h8-9,14-15,19-20,25H,4-7,10-11H2,1-3H3,(H,21,22)(H,23,24)/b12-9+,13-8+/t14-,15-,18+/m1/s1. The maximum atomic E-state index is 10.8. The van der Waals surface area contributed by atoms with Crippen molar-refractivity contribution in [1.82, 2.24) is 0 Å². The molecule has 0 aromatic heterocycles. The third kappa shape index (κ3) is 10.7. The smallest absolute Gasteiger partial charge is 0.328 e. The summed E-state index contributed by atoms with van der Waals surface area (Å²) in [6.07, 6.45) is 3.91. The molecule has 3 atom stereocenters. The van der Waals surface area contributed by atoms with Gasteiger partial charge in [0, 0.05) is 6.08 Å². The Bertz CT molecular complexity index is 506. The minimum absolute atomic E-state index is 0.239. The van der Waals surface area contributed by atoms with Crippen LogP contribution in [0.3, 0.4) is 0 Å². The minimum atomic E-state index is -1.23. The molecule has 0 aromatic rings. The predicted molar refractivity (Wildman–Crippen MR) is 93.1 cm³/mol. The van der Waals surface area contributed by atoms with E-state index in [1.807, 2.05) is 6.92 Å². The predicted octanol–water partition coefficient (Wildman–Crippen LogP) is 1.72. The molecule has 0 aliphatic heterocycles. The van der Waals surface area contributed by atoms with Gasteiger partial charge in [0.2, 0.25) is 0 Å². The van der Waals surface area contributed by atoms with Crippen LogP contribution in [0.15, 0.2) is 23.3 Å². The molecular formula is C18H30O7. The van der Waals surface area contributed by atoms with Crippen molar-refractivity contribution in [3.05, 3.63) is 23.3 Å². The molecule has 0 aromatic carbocycles. The number of carboxylic acid groups (broad SMARTS) is 2. The molecule has 0 rings (SSSR count). The van der Waals surface area contributed by atoms with Gasteiger partial charge in [0.05, 0.1) is 18.3 Å². The second-order valence-corrected chi connectivity index (χ2v) is 6.83. The zero-order valence-corrected chi connectivity index (χ0v) is 15.1. The van der Waals surface area contributed by atoms with Gasteiger partial charge in [-0.15, -0.1) is 0 Å². The first kappa shape index (κ1) is 23.3. The molecule has 0 aliphatic rings. The Balaban J connectivity index is 4.39. The van der Waals surface area contributed by atoms with E-state index in [1.54, 1.807) is 19.9 Å². The highest BCUT2D eigenvalue weighted by molar-refractivity contribution is 5.81.